The molecule has 0 aromatic rings. The standard InChI is InChI=1S/C16H28N2O10/c1-3-7(2)11(14(24)18-8(15(25)26)4-10(20)21)17-6-16(27)13(23)12(22)9(19)5-28-16/h7-9,11-13,17,19,22-23,27H,3-6H2,1-2H3,(H,18,24)(H,20,21)(H,25,26)/t7-,8-,9+,11-,12+,13-,16+/m0/s1. The Morgan fingerprint density at radius 1 is 1.21 bits per heavy atom. The van der Waals surface area contributed by atoms with Crippen LogP contribution in [0.3, 0.4) is 0 Å². The zero-order valence-electron chi connectivity index (χ0n) is 15.6. The molecule has 1 amide bonds. The van der Waals surface area contributed by atoms with Gasteiger partial charge in [0.15, 0.2) is 0 Å². The summed E-state index contributed by atoms with van der Waals surface area (Å²) >= 11 is 0. The van der Waals surface area contributed by atoms with Crippen molar-refractivity contribution in [1.82, 2.24) is 10.6 Å². The molecule has 8 N–H and O–H groups in total. The lowest BCUT2D eigenvalue weighted by Crippen LogP contribution is -2.66. The van der Waals surface area contributed by atoms with Gasteiger partial charge in [-0.2, -0.15) is 0 Å². The molecule has 0 aromatic heterocycles. The Hall–Kier alpha value is -1.83. The first kappa shape index (κ1) is 24.2. The molecule has 0 radical (unpaired) electrons. The second-order valence-electron chi connectivity index (χ2n) is 6.90. The van der Waals surface area contributed by atoms with E-state index in [1.807, 2.05) is 0 Å². The zero-order chi connectivity index (χ0) is 21.6. The predicted molar refractivity (Wildman–Crippen MR) is 92.0 cm³/mol. The van der Waals surface area contributed by atoms with Crippen LogP contribution in [0.1, 0.15) is 26.7 Å². The van der Waals surface area contributed by atoms with Crippen LogP contribution in [-0.2, 0) is 19.1 Å². The number of amides is 1. The van der Waals surface area contributed by atoms with Crippen molar-refractivity contribution in [3.8, 4) is 0 Å². The van der Waals surface area contributed by atoms with Crippen LogP contribution >= 0.6 is 0 Å². The molecule has 7 atom stereocenters. The minimum Gasteiger partial charge on any atom is -0.481 e. The van der Waals surface area contributed by atoms with Crippen LogP contribution in [0.2, 0.25) is 0 Å². The number of aliphatic carboxylic acids is 2. The average molecular weight is 408 g/mol. The van der Waals surface area contributed by atoms with E-state index in [2.05, 4.69) is 10.6 Å². The van der Waals surface area contributed by atoms with Crippen LogP contribution in [0.15, 0.2) is 0 Å². The minimum absolute atomic E-state index is 0.362. The molecule has 1 aliphatic rings. The summed E-state index contributed by atoms with van der Waals surface area (Å²) < 4.78 is 5.01. The van der Waals surface area contributed by atoms with Gasteiger partial charge in [0.2, 0.25) is 11.7 Å². The maximum absolute atomic E-state index is 12.5. The third-order valence-electron chi connectivity index (χ3n) is 4.75. The first-order valence-electron chi connectivity index (χ1n) is 8.81. The number of ether oxygens (including phenoxy) is 1. The highest BCUT2D eigenvalue weighted by Crippen LogP contribution is 2.24. The normalized spacial score (nSPS) is 30.9. The number of hydrogen-bond acceptors (Lipinski definition) is 9. The molecule has 1 fully saturated rings. The smallest absolute Gasteiger partial charge is 0.326 e. The molecule has 1 aliphatic heterocycles. The zero-order valence-corrected chi connectivity index (χ0v) is 15.6. The summed E-state index contributed by atoms with van der Waals surface area (Å²) in [6.07, 6.45) is -5.25. The van der Waals surface area contributed by atoms with Crippen LogP contribution < -0.4 is 10.6 Å². The van der Waals surface area contributed by atoms with E-state index in [1.165, 1.54) is 0 Å². The number of rotatable bonds is 10. The van der Waals surface area contributed by atoms with Crippen molar-refractivity contribution in [3.63, 3.8) is 0 Å². The van der Waals surface area contributed by atoms with Gasteiger partial charge in [0.05, 0.1) is 25.6 Å². The third-order valence-corrected chi connectivity index (χ3v) is 4.75. The number of nitrogens with one attached hydrogen (secondary N) is 2. The van der Waals surface area contributed by atoms with Gasteiger partial charge in [-0.1, -0.05) is 20.3 Å². The summed E-state index contributed by atoms with van der Waals surface area (Å²) in [5, 5.41) is 62.2. The number of carboxylic acids is 2. The van der Waals surface area contributed by atoms with Crippen LogP contribution in [-0.4, -0.2) is 97.8 Å². The third kappa shape index (κ3) is 6.09. The second-order valence-corrected chi connectivity index (χ2v) is 6.90. The molecule has 162 valence electrons. The van der Waals surface area contributed by atoms with E-state index in [-0.39, 0.29) is 5.92 Å². The van der Waals surface area contributed by atoms with Crippen LogP contribution in [0, 0.1) is 5.92 Å². The Balaban J connectivity index is 2.86. The first-order chi connectivity index (χ1) is 12.9. The molecule has 28 heavy (non-hydrogen) atoms. The van der Waals surface area contributed by atoms with E-state index >= 15 is 0 Å². The lowest BCUT2D eigenvalue weighted by atomic mass is 9.94. The molecule has 0 aromatic carbocycles. The maximum Gasteiger partial charge on any atom is 0.326 e. The fourth-order valence-electron chi connectivity index (χ4n) is 2.73. The summed E-state index contributed by atoms with van der Waals surface area (Å²) in [5.74, 6) is -6.38. The summed E-state index contributed by atoms with van der Waals surface area (Å²) in [4.78, 5) is 34.4. The van der Waals surface area contributed by atoms with Crippen molar-refractivity contribution in [2.24, 2.45) is 5.92 Å². The van der Waals surface area contributed by atoms with Crippen LogP contribution in [0.5, 0.6) is 0 Å². The van der Waals surface area contributed by atoms with E-state index in [0.29, 0.717) is 6.42 Å². The van der Waals surface area contributed by atoms with Gasteiger partial charge in [0.25, 0.3) is 0 Å². The number of aliphatic hydroxyl groups is 4. The summed E-state index contributed by atoms with van der Waals surface area (Å²) in [5.41, 5.74) is 0. The van der Waals surface area contributed by atoms with Crippen molar-refractivity contribution < 1.29 is 49.8 Å². The lowest BCUT2D eigenvalue weighted by molar-refractivity contribution is -0.318. The topological polar surface area (TPSA) is 206 Å². The Labute approximate surface area is 161 Å². The SMILES string of the molecule is CC[C@H](C)[C@H](NC[C@@]1(O)OC[C@@H](O)[C@@H](O)[C@@H]1O)C(=O)N[C@@H](CC(=O)O)C(=O)O. The van der Waals surface area contributed by atoms with Gasteiger partial charge in [0.1, 0.15) is 24.4 Å². The number of carboxylic acid groups (broad SMARTS) is 2. The van der Waals surface area contributed by atoms with Crippen molar-refractivity contribution in [3.05, 3.63) is 0 Å². The number of aliphatic hydroxyl groups excluding tert-OH is 3. The van der Waals surface area contributed by atoms with E-state index in [1.54, 1.807) is 13.8 Å². The quantitative estimate of drug-likeness (QED) is 0.181. The molecule has 1 heterocycles. The summed E-state index contributed by atoms with van der Waals surface area (Å²) in [6, 6.07) is -2.70. The van der Waals surface area contributed by atoms with Crippen molar-refractivity contribution >= 4 is 17.8 Å². The number of carbonyl (C=O) groups excluding carboxylic acids is 1. The number of carbonyl (C=O) groups is 3. The highest BCUT2D eigenvalue weighted by Gasteiger charge is 2.48. The molecule has 0 saturated carbocycles. The summed E-state index contributed by atoms with van der Waals surface area (Å²) in [6.45, 7) is 2.47. The molecule has 0 unspecified atom stereocenters. The molecular formula is C16H28N2O10. The van der Waals surface area contributed by atoms with Gasteiger partial charge in [-0.25, -0.2) is 4.79 Å². The highest BCUT2D eigenvalue weighted by molar-refractivity contribution is 5.89. The molecular weight excluding hydrogens is 380 g/mol. The number of hydrogen-bond donors (Lipinski definition) is 8. The van der Waals surface area contributed by atoms with Crippen LogP contribution in [0.4, 0.5) is 0 Å². The molecule has 0 spiro atoms. The predicted octanol–water partition coefficient (Wildman–Crippen LogP) is -3.16. The van der Waals surface area contributed by atoms with Gasteiger partial charge < -0.3 is 46.0 Å². The molecule has 0 bridgehead atoms. The van der Waals surface area contributed by atoms with Gasteiger partial charge >= 0.3 is 11.9 Å². The Morgan fingerprint density at radius 2 is 1.82 bits per heavy atom. The molecule has 12 nitrogen and oxygen atoms in total. The van der Waals surface area contributed by atoms with E-state index < -0.39 is 73.6 Å². The molecule has 1 rings (SSSR count). The van der Waals surface area contributed by atoms with Crippen molar-refractivity contribution in [1.29, 1.82) is 0 Å². The Morgan fingerprint density at radius 3 is 2.32 bits per heavy atom. The lowest BCUT2D eigenvalue weighted by Gasteiger charge is -2.42. The second kappa shape index (κ2) is 10.1. The van der Waals surface area contributed by atoms with Gasteiger partial charge in [-0.15, -0.1) is 0 Å². The highest BCUT2D eigenvalue weighted by atomic mass is 16.6. The largest absolute Gasteiger partial charge is 0.481 e. The maximum atomic E-state index is 12.5. The first-order valence-corrected chi connectivity index (χ1v) is 8.81. The van der Waals surface area contributed by atoms with E-state index in [0.717, 1.165) is 0 Å². The van der Waals surface area contributed by atoms with Crippen LogP contribution in [0.25, 0.3) is 0 Å². The van der Waals surface area contributed by atoms with Gasteiger partial charge in [-0.3, -0.25) is 9.59 Å². The Kier molecular flexibility index (Phi) is 8.73. The monoisotopic (exact) mass is 408 g/mol. The Bertz CT molecular complexity index is 574. The summed E-state index contributed by atoms with van der Waals surface area (Å²) in [7, 11) is 0. The van der Waals surface area contributed by atoms with E-state index in [9.17, 15) is 34.8 Å². The fourth-order valence-corrected chi connectivity index (χ4v) is 2.73. The average Bonchev–Trinajstić information content (AvgIpc) is 2.62. The van der Waals surface area contributed by atoms with E-state index in [4.69, 9.17) is 14.9 Å². The fraction of sp³-hybridized carbons (Fsp3) is 0.812. The molecule has 1 saturated heterocycles. The molecule has 0 aliphatic carbocycles. The van der Waals surface area contributed by atoms with Crippen molar-refractivity contribution in [2.45, 2.75) is 62.9 Å². The molecule has 12 heteroatoms. The van der Waals surface area contributed by atoms with Gasteiger partial charge in [-0.05, 0) is 5.92 Å². The van der Waals surface area contributed by atoms with Crippen molar-refractivity contribution in [2.75, 3.05) is 13.2 Å². The minimum atomic E-state index is -2.29. The van der Waals surface area contributed by atoms with Gasteiger partial charge in [0, 0.05) is 0 Å².